The first-order valence-electron chi connectivity index (χ1n) is 6.14. The summed E-state index contributed by atoms with van der Waals surface area (Å²) in [4.78, 5) is 0. The number of rotatable bonds is 5. The van der Waals surface area contributed by atoms with Crippen molar-refractivity contribution in [2.45, 2.75) is 6.54 Å². The molecule has 2 aromatic carbocycles. The van der Waals surface area contributed by atoms with Gasteiger partial charge in [-0.05, 0) is 18.2 Å². The number of hydrogen-bond donors (Lipinski definition) is 1. The lowest BCUT2D eigenvalue weighted by molar-refractivity contribution is 0.355. The van der Waals surface area contributed by atoms with Gasteiger partial charge in [-0.1, -0.05) is 23.2 Å². The fourth-order valence-electron chi connectivity index (χ4n) is 1.86. The number of halogens is 3. The highest BCUT2D eigenvalue weighted by Gasteiger charge is 2.10. The fourth-order valence-corrected chi connectivity index (χ4v) is 2.27. The molecule has 112 valence electrons. The van der Waals surface area contributed by atoms with Gasteiger partial charge >= 0.3 is 0 Å². The van der Waals surface area contributed by atoms with Gasteiger partial charge in [0.05, 0.1) is 24.9 Å². The van der Waals surface area contributed by atoms with Gasteiger partial charge < -0.3 is 14.8 Å². The molecule has 0 bridgehead atoms. The number of nitrogens with one attached hydrogen (secondary N) is 1. The number of anilines is 1. The first-order chi connectivity index (χ1) is 10.0. The van der Waals surface area contributed by atoms with Gasteiger partial charge in [-0.25, -0.2) is 4.39 Å². The highest BCUT2D eigenvalue weighted by atomic mass is 35.5. The van der Waals surface area contributed by atoms with Crippen molar-refractivity contribution >= 4 is 28.9 Å². The molecular formula is C15H14Cl2FNO2. The minimum Gasteiger partial charge on any atom is -0.493 e. The summed E-state index contributed by atoms with van der Waals surface area (Å²) < 4.78 is 24.0. The number of benzene rings is 2. The van der Waals surface area contributed by atoms with Crippen molar-refractivity contribution in [1.82, 2.24) is 0 Å². The number of hydrogen-bond acceptors (Lipinski definition) is 3. The van der Waals surface area contributed by atoms with Crippen molar-refractivity contribution in [3.63, 3.8) is 0 Å². The van der Waals surface area contributed by atoms with Gasteiger partial charge in [-0.15, -0.1) is 0 Å². The first-order valence-corrected chi connectivity index (χ1v) is 6.90. The van der Waals surface area contributed by atoms with Gasteiger partial charge in [0.1, 0.15) is 5.82 Å². The Morgan fingerprint density at radius 3 is 2.38 bits per heavy atom. The van der Waals surface area contributed by atoms with Crippen LogP contribution in [0.25, 0.3) is 0 Å². The van der Waals surface area contributed by atoms with E-state index in [2.05, 4.69) is 5.32 Å². The van der Waals surface area contributed by atoms with E-state index in [-0.39, 0.29) is 12.4 Å². The van der Waals surface area contributed by atoms with Gasteiger partial charge in [0, 0.05) is 29.3 Å². The van der Waals surface area contributed by atoms with Crippen LogP contribution in [0, 0.1) is 5.82 Å². The second kappa shape index (κ2) is 6.87. The van der Waals surface area contributed by atoms with Crippen molar-refractivity contribution in [2.75, 3.05) is 19.5 Å². The molecule has 0 atom stereocenters. The summed E-state index contributed by atoms with van der Waals surface area (Å²) in [5.74, 6) is 0.737. The van der Waals surface area contributed by atoms with E-state index in [0.717, 1.165) is 0 Å². The Hall–Kier alpha value is -1.65. The third kappa shape index (κ3) is 3.71. The van der Waals surface area contributed by atoms with E-state index < -0.39 is 0 Å². The average molecular weight is 330 g/mol. The van der Waals surface area contributed by atoms with Crippen LogP contribution in [0.4, 0.5) is 10.1 Å². The third-order valence-electron chi connectivity index (χ3n) is 2.95. The Bertz CT molecular complexity index is 650. The van der Waals surface area contributed by atoms with Gasteiger partial charge in [-0.3, -0.25) is 0 Å². The number of methoxy groups -OCH3 is 2. The van der Waals surface area contributed by atoms with E-state index in [1.807, 2.05) is 0 Å². The normalized spacial score (nSPS) is 10.3. The van der Waals surface area contributed by atoms with Crippen molar-refractivity contribution in [2.24, 2.45) is 0 Å². The molecule has 0 aliphatic carbocycles. The van der Waals surface area contributed by atoms with Crippen molar-refractivity contribution in [3.05, 3.63) is 51.8 Å². The highest BCUT2D eigenvalue weighted by molar-refractivity contribution is 6.33. The largest absolute Gasteiger partial charge is 0.493 e. The van der Waals surface area contributed by atoms with Crippen LogP contribution in [0.2, 0.25) is 10.0 Å². The molecule has 0 aliphatic heterocycles. The molecule has 0 aliphatic rings. The molecule has 6 heteroatoms. The monoisotopic (exact) mass is 329 g/mol. The lowest BCUT2D eigenvalue weighted by Crippen LogP contribution is -2.03. The minimum atomic E-state index is -0.330. The Morgan fingerprint density at radius 1 is 1.05 bits per heavy atom. The lowest BCUT2D eigenvalue weighted by Gasteiger charge is -2.13. The van der Waals surface area contributed by atoms with E-state index >= 15 is 0 Å². The van der Waals surface area contributed by atoms with Gasteiger partial charge in [0.2, 0.25) is 0 Å². The molecule has 0 fully saturated rings. The third-order valence-corrected chi connectivity index (χ3v) is 3.50. The summed E-state index contributed by atoms with van der Waals surface area (Å²) in [6.45, 7) is 0.252. The fraction of sp³-hybridized carbons (Fsp3) is 0.200. The predicted octanol–water partition coefficient (Wildman–Crippen LogP) is 4.76. The predicted molar refractivity (Wildman–Crippen MR) is 83.3 cm³/mol. The molecule has 0 amide bonds. The summed E-state index contributed by atoms with van der Waals surface area (Å²) in [6.07, 6.45) is 0. The van der Waals surface area contributed by atoms with Gasteiger partial charge in [0.25, 0.3) is 0 Å². The zero-order chi connectivity index (χ0) is 15.4. The molecule has 0 aromatic heterocycles. The zero-order valence-corrected chi connectivity index (χ0v) is 13.1. The van der Waals surface area contributed by atoms with E-state index in [1.165, 1.54) is 26.4 Å². The first kappa shape index (κ1) is 15.7. The lowest BCUT2D eigenvalue weighted by atomic mass is 10.2. The van der Waals surface area contributed by atoms with Crippen LogP contribution in [0.3, 0.4) is 0 Å². The summed E-state index contributed by atoms with van der Waals surface area (Å²) in [5.41, 5.74) is 1.07. The molecule has 0 spiro atoms. The van der Waals surface area contributed by atoms with E-state index in [0.29, 0.717) is 32.8 Å². The minimum absolute atomic E-state index is 0.252. The van der Waals surface area contributed by atoms with Crippen LogP contribution in [-0.4, -0.2) is 14.2 Å². The molecule has 3 nitrogen and oxygen atoms in total. The van der Waals surface area contributed by atoms with E-state index in [9.17, 15) is 4.39 Å². The molecule has 0 heterocycles. The van der Waals surface area contributed by atoms with Crippen molar-refractivity contribution in [3.8, 4) is 11.5 Å². The summed E-state index contributed by atoms with van der Waals surface area (Å²) in [6, 6.07) is 7.73. The molecule has 0 unspecified atom stereocenters. The van der Waals surface area contributed by atoms with E-state index in [1.54, 1.807) is 18.2 Å². The van der Waals surface area contributed by atoms with Crippen LogP contribution < -0.4 is 14.8 Å². The standard InChI is InChI=1S/C15H14Cl2FNO2/c1-20-14-6-11(17)13(7-15(14)21-2)19-8-9-5-10(16)3-4-12(9)18/h3-7,19H,8H2,1-2H3. The second-order valence-electron chi connectivity index (χ2n) is 4.28. The zero-order valence-electron chi connectivity index (χ0n) is 11.5. The Kier molecular flexibility index (Phi) is 5.15. The SMILES string of the molecule is COc1cc(Cl)c(NCc2cc(Cl)ccc2F)cc1OC. The molecule has 2 rings (SSSR count). The second-order valence-corrected chi connectivity index (χ2v) is 5.12. The average Bonchev–Trinajstić information content (AvgIpc) is 2.48. The van der Waals surface area contributed by atoms with E-state index in [4.69, 9.17) is 32.7 Å². The molecular weight excluding hydrogens is 316 g/mol. The van der Waals surface area contributed by atoms with Crippen molar-refractivity contribution < 1.29 is 13.9 Å². The maximum Gasteiger partial charge on any atom is 0.162 e. The Morgan fingerprint density at radius 2 is 1.71 bits per heavy atom. The topological polar surface area (TPSA) is 30.5 Å². The Labute approximate surface area is 132 Å². The molecule has 21 heavy (non-hydrogen) atoms. The molecule has 0 saturated heterocycles. The van der Waals surface area contributed by atoms with Gasteiger partial charge in [0.15, 0.2) is 11.5 Å². The molecule has 2 aromatic rings. The quantitative estimate of drug-likeness (QED) is 0.857. The van der Waals surface area contributed by atoms with Crippen LogP contribution in [0.1, 0.15) is 5.56 Å². The summed E-state index contributed by atoms with van der Waals surface area (Å²) in [7, 11) is 3.06. The van der Waals surface area contributed by atoms with Crippen LogP contribution >= 0.6 is 23.2 Å². The summed E-state index contributed by atoms with van der Waals surface area (Å²) >= 11 is 12.0. The number of ether oxygens (including phenoxy) is 2. The maximum atomic E-state index is 13.7. The smallest absolute Gasteiger partial charge is 0.162 e. The highest BCUT2D eigenvalue weighted by Crippen LogP contribution is 2.36. The Balaban J connectivity index is 2.21. The molecule has 0 saturated carbocycles. The van der Waals surface area contributed by atoms with Crippen LogP contribution in [0.15, 0.2) is 30.3 Å². The maximum absolute atomic E-state index is 13.7. The van der Waals surface area contributed by atoms with Crippen LogP contribution in [0.5, 0.6) is 11.5 Å². The molecule has 0 radical (unpaired) electrons. The molecule has 1 N–H and O–H groups in total. The van der Waals surface area contributed by atoms with Crippen LogP contribution in [-0.2, 0) is 6.54 Å². The summed E-state index contributed by atoms with van der Waals surface area (Å²) in [5, 5.41) is 3.99. The van der Waals surface area contributed by atoms with Gasteiger partial charge in [-0.2, -0.15) is 0 Å². The van der Waals surface area contributed by atoms with Crippen molar-refractivity contribution in [1.29, 1.82) is 0 Å².